The Bertz CT molecular complexity index is 826. The first-order chi connectivity index (χ1) is 14.2. The number of hydroxylamine groups is 1. The van der Waals surface area contributed by atoms with E-state index in [4.69, 9.17) is 9.94 Å². The van der Waals surface area contributed by atoms with Crippen molar-refractivity contribution in [2.75, 3.05) is 6.61 Å². The monoisotopic (exact) mass is 396 g/mol. The van der Waals surface area contributed by atoms with Gasteiger partial charge >= 0.3 is 0 Å². The summed E-state index contributed by atoms with van der Waals surface area (Å²) in [6.07, 6.45) is 14.6. The number of rotatable bonds is 3. The van der Waals surface area contributed by atoms with E-state index in [9.17, 15) is 9.59 Å². The summed E-state index contributed by atoms with van der Waals surface area (Å²) in [4.78, 5) is 27.3. The van der Waals surface area contributed by atoms with Gasteiger partial charge in [0.2, 0.25) is 5.91 Å². The van der Waals surface area contributed by atoms with E-state index in [0.717, 1.165) is 37.7 Å². The third-order valence-corrected chi connectivity index (χ3v) is 6.33. The Morgan fingerprint density at radius 2 is 1.97 bits per heavy atom. The molecular weight excluding hydrogens is 368 g/mol. The first-order valence-corrected chi connectivity index (χ1v) is 10.5. The maximum atomic E-state index is 13.5. The van der Waals surface area contributed by atoms with Gasteiger partial charge in [-0.15, -0.1) is 0 Å². The lowest BCUT2D eigenvalue weighted by Gasteiger charge is -2.37. The molecule has 0 spiro atoms. The lowest BCUT2D eigenvalue weighted by Crippen LogP contribution is -2.48. The van der Waals surface area contributed by atoms with Crippen molar-refractivity contribution in [2.45, 2.75) is 51.1 Å². The molecule has 1 aromatic rings. The van der Waals surface area contributed by atoms with Crippen LogP contribution in [0.4, 0.5) is 0 Å². The molecule has 4 rings (SSSR count). The highest BCUT2D eigenvalue weighted by atomic mass is 16.5. The van der Waals surface area contributed by atoms with Crippen LogP contribution in [0.5, 0.6) is 5.75 Å². The van der Waals surface area contributed by atoms with Crippen LogP contribution in [-0.4, -0.2) is 34.6 Å². The number of amides is 2. The van der Waals surface area contributed by atoms with E-state index >= 15 is 0 Å². The van der Waals surface area contributed by atoms with Gasteiger partial charge in [0, 0.05) is 29.5 Å². The number of fused-ring (bicyclic) bond motifs is 1. The van der Waals surface area contributed by atoms with Crippen LogP contribution in [0.25, 0.3) is 0 Å². The van der Waals surface area contributed by atoms with Crippen LogP contribution in [0, 0.1) is 11.8 Å². The maximum absolute atomic E-state index is 13.5. The standard InChI is InChI=1S/C23H28N2O4/c26-22(24-28)18-11-12-19-14-25(23(27)17-9-5-2-6-10-17)20(15-29-21(19)13-18)16-7-3-1-4-8-16/h1,3-4,7,11-13,16-17,20,28H,2,5-6,8-10,14-15H2,(H,24,26)/t16?,20-/m1/s1. The zero-order chi connectivity index (χ0) is 20.2. The number of hydrogen-bond acceptors (Lipinski definition) is 4. The Labute approximate surface area is 171 Å². The van der Waals surface area contributed by atoms with Gasteiger partial charge in [-0.2, -0.15) is 0 Å². The first-order valence-electron chi connectivity index (χ1n) is 10.5. The highest BCUT2D eigenvalue weighted by Crippen LogP contribution is 2.34. The number of carbonyl (C=O) groups is 2. The molecule has 1 unspecified atom stereocenters. The van der Waals surface area contributed by atoms with Gasteiger partial charge in [0.1, 0.15) is 12.4 Å². The molecule has 0 aromatic heterocycles. The maximum Gasteiger partial charge on any atom is 0.274 e. The minimum Gasteiger partial charge on any atom is -0.491 e. The van der Waals surface area contributed by atoms with Gasteiger partial charge in [0.15, 0.2) is 0 Å². The molecule has 3 aliphatic rings. The number of nitrogens with zero attached hydrogens (tertiary/aromatic N) is 1. The number of allylic oxidation sites excluding steroid dienone is 3. The zero-order valence-corrected chi connectivity index (χ0v) is 16.5. The highest BCUT2D eigenvalue weighted by Gasteiger charge is 2.36. The van der Waals surface area contributed by atoms with Crippen molar-refractivity contribution < 1.29 is 19.5 Å². The van der Waals surface area contributed by atoms with E-state index in [0.29, 0.717) is 24.5 Å². The number of hydrogen-bond donors (Lipinski definition) is 2. The van der Waals surface area contributed by atoms with Crippen molar-refractivity contribution in [1.29, 1.82) is 0 Å². The summed E-state index contributed by atoms with van der Waals surface area (Å²) in [6.45, 7) is 0.864. The van der Waals surface area contributed by atoms with E-state index in [-0.39, 0.29) is 23.8 Å². The molecule has 0 saturated heterocycles. The molecule has 2 atom stereocenters. The molecule has 2 amide bonds. The summed E-state index contributed by atoms with van der Waals surface area (Å²) in [7, 11) is 0. The lowest BCUT2D eigenvalue weighted by molar-refractivity contribution is -0.141. The molecule has 2 N–H and O–H groups in total. The van der Waals surface area contributed by atoms with Crippen molar-refractivity contribution in [3.8, 4) is 5.75 Å². The molecular formula is C23H28N2O4. The zero-order valence-electron chi connectivity index (χ0n) is 16.5. The highest BCUT2D eigenvalue weighted by molar-refractivity contribution is 5.93. The third kappa shape index (κ3) is 4.22. The van der Waals surface area contributed by atoms with Gasteiger partial charge < -0.3 is 9.64 Å². The van der Waals surface area contributed by atoms with Crippen LogP contribution in [0.15, 0.2) is 42.5 Å². The SMILES string of the molecule is O=C(NO)c1ccc2c(c1)OC[C@H](C1C=CC=CC1)N(C(=O)C1CCCCC1)C2. The molecule has 1 fully saturated rings. The van der Waals surface area contributed by atoms with Crippen LogP contribution >= 0.6 is 0 Å². The Morgan fingerprint density at radius 1 is 1.14 bits per heavy atom. The minimum absolute atomic E-state index is 0.0480. The Morgan fingerprint density at radius 3 is 2.69 bits per heavy atom. The van der Waals surface area contributed by atoms with E-state index < -0.39 is 5.91 Å². The fourth-order valence-electron chi connectivity index (χ4n) is 4.66. The summed E-state index contributed by atoms with van der Waals surface area (Å²) in [5.74, 6) is 0.557. The molecule has 1 saturated carbocycles. The molecule has 29 heavy (non-hydrogen) atoms. The summed E-state index contributed by atoms with van der Waals surface area (Å²) < 4.78 is 6.10. The molecule has 0 radical (unpaired) electrons. The average Bonchev–Trinajstić information content (AvgIpc) is 2.98. The average molecular weight is 396 g/mol. The van der Waals surface area contributed by atoms with E-state index in [2.05, 4.69) is 12.2 Å². The number of ether oxygens (including phenoxy) is 1. The second kappa shape index (κ2) is 8.82. The number of benzene rings is 1. The van der Waals surface area contributed by atoms with Crippen molar-refractivity contribution >= 4 is 11.8 Å². The van der Waals surface area contributed by atoms with Crippen molar-refractivity contribution in [1.82, 2.24) is 10.4 Å². The molecule has 2 aliphatic carbocycles. The number of nitrogens with one attached hydrogen (secondary N) is 1. The molecule has 1 heterocycles. The van der Waals surface area contributed by atoms with Gasteiger partial charge in [-0.25, -0.2) is 5.48 Å². The van der Waals surface area contributed by atoms with E-state index in [1.165, 1.54) is 6.42 Å². The van der Waals surface area contributed by atoms with E-state index in [1.54, 1.807) is 17.6 Å². The van der Waals surface area contributed by atoms with Crippen LogP contribution in [0.3, 0.4) is 0 Å². The van der Waals surface area contributed by atoms with Crippen molar-refractivity contribution in [3.05, 3.63) is 53.6 Å². The van der Waals surface area contributed by atoms with Crippen molar-refractivity contribution in [2.24, 2.45) is 11.8 Å². The topological polar surface area (TPSA) is 78.9 Å². The van der Waals surface area contributed by atoms with Crippen LogP contribution in [0.2, 0.25) is 0 Å². The van der Waals surface area contributed by atoms with Gasteiger partial charge in [0.05, 0.1) is 6.04 Å². The predicted molar refractivity (Wildman–Crippen MR) is 108 cm³/mol. The molecule has 154 valence electrons. The van der Waals surface area contributed by atoms with Gasteiger partial charge in [0.25, 0.3) is 5.91 Å². The predicted octanol–water partition coefficient (Wildman–Crippen LogP) is 3.61. The molecule has 0 bridgehead atoms. The van der Waals surface area contributed by atoms with Crippen LogP contribution < -0.4 is 10.2 Å². The summed E-state index contributed by atoms with van der Waals surface area (Å²) in [5.41, 5.74) is 2.88. The second-order valence-corrected chi connectivity index (χ2v) is 8.16. The lowest BCUT2D eigenvalue weighted by atomic mass is 9.86. The summed E-state index contributed by atoms with van der Waals surface area (Å²) in [6, 6.07) is 5.07. The van der Waals surface area contributed by atoms with Crippen LogP contribution in [-0.2, 0) is 11.3 Å². The quantitative estimate of drug-likeness (QED) is 0.604. The molecule has 1 aliphatic heterocycles. The third-order valence-electron chi connectivity index (χ3n) is 6.33. The fraction of sp³-hybridized carbons (Fsp3) is 0.478. The molecule has 6 nitrogen and oxygen atoms in total. The fourth-order valence-corrected chi connectivity index (χ4v) is 4.66. The smallest absolute Gasteiger partial charge is 0.274 e. The Kier molecular flexibility index (Phi) is 6.00. The molecule has 1 aromatic carbocycles. The van der Waals surface area contributed by atoms with Gasteiger partial charge in [-0.05, 0) is 31.4 Å². The minimum atomic E-state index is -0.576. The van der Waals surface area contributed by atoms with Gasteiger partial charge in [-0.1, -0.05) is 49.6 Å². The second-order valence-electron chi connectivity index (χ2n) is 8.16. The summed E-state index contributed by atoms with van der Waals surface area (Å²) >= 11 is 0. The number of carbonyl (C=O) groups excluding carboxylic acids is 2. The Balaban J connectivity index is 1.64. The first kappa shape index (κ1) is 19.7. The van der Waals surface area contributed by atoms with Crippen LogP contribution in [0.1, 0.15) is 54.4 Å². The van der Waals surface area contributed by atoms with E-state index in [1.807, 2.05) is 23.1 Å². The summed E-state index contributed by atoms with van der Waals surface area (Å²) in [5, 5.41) is 8.91. The normalized spacial score (nSPS) is 24.4. The molecule has 6 heteroatoms. The van der Waals surface area contributed by atoms with Gasteiger partial charge in [-0.3, -0.25) is 14.8 Å². The Hall–Kier alpha value is -2.60. The largest absolute Gasteiger partial charge is 0.491 e. The van der Waals surface area contributed by atoms with Crippen molar-refractivity contribution in [3.63, 3.8) is 0 Å².